The average molecular weight is 308 g/mol. The van der Waals surface area contributed by atoms with Gasteiger partial charge in [-0.05, 0) is 31.5 Å². The van der Waals surface area contributed by atoms with Crippen LogP contribution in [0.4, 0.5) is 11.4 Å². The second kappa shape index (κ2) is 6.17. The first kappa shape index (κ1) is 15.4. The number of hydrogen-bond donors (Lipinski definition) is 2. The van der Waals surface area contributed by atoms with Crippen LogP contribution in [0.1, 0.15) is 25.5 Å². The number of nitrogens with two attached hydrogens (primary N) is 1. The standard InChI is InChI=1S/C14H20N4O2S/c1-3-4-8-18-10-14(11(2)16-18)17-21(19,20)13-7-5-6-12(15)9-13/h5-7,9-10,17H,3-4,8,15H2,1-2H3. The Labute approximate surface area is 125 Å². The Balaban J connectivity index is 2.22. The number of rotatable bonds is 6. The maximum atomic E-state index is 12.3. The lowest BCUT2D eigenvalue weighted by Crippen LogP contribution is -2.13. The Kier molecular flexibility index (Phi) is 4.52. The molecule has 2 aromatic rings. The molecule has 0 saturated heterocycles. The number of nitrogens with one attached hydrogen (secondary N) is 1. The van der Waals surface area contributed by atoms with E-state index in [2.05, 4.69) is 16.7 Å². The zero-order valence-corrected chi connectivity index (χ0v) is 13.0. The second-order valence-corrected chi connectivity index (χ2v) is 6.61. The number of nitrogens with zero attached hydrogens (tertiary/aromatic N) is 2. The van der Waals surface area contributed by atoms with E-state index >= 15 is 0 Å². The molecule has 1 aromatic heterocycles. The van der Waals surface area contributed by atoms with Crippen LogP contribution in [-0.2, 0) is 16.6 Å². The summed E-state index contributed by atoms with van der Waals surface area (Å²) in [4.78, 5) is 0.142. The van der Waals surface area contributed by atoms with Crippen LogP contribution in [0.5, 0.6) is 0 Å². The van der Waals surface area contributed by atoms with Gasteiger partial charge in [-0.15, -0.1) is 0 Å². The first-order valence-electron chi connectivity index (χ1n) is 6.85. The van der Waals surface area contributed by atoms with Crippen molar-refractivity contribution in [3.8, 4) is 0 Å². The normalized spacial score (nSPS) is 11.5. The molecule has 7 heteroatoms. The molecule has 0 amide bonds. The van der Waals surface area contributed by atoms with Gasteiger partial charge >= 0.3 is 0 Å². The number of aromatic nitrogens is 2. The summed E-state index contributed by atoms with van der Waals surface area (Å²) in [6, 6.07) is 6.20. The first-order valence-corrected chi connectivity index (χ1v) is 8.33. The lowest BCUT2D eigenvalue weighted by atomic mass is 10.3. The van der Waals surface area contributed by atoms with Crippen molar-refractivity contribution in [3.63, 3.8) is 0 Å². The molecule has 1 aromatic carbocycles. The van der Waals surface area contributed by atoms with Gasteiger partial charge in [-0.3, -0.25) is 9.40 Å². The summed E-state index contributed by atoms with van der Waals surface area (Å²) in [7, 11) is -3.65. The van der Waals surface area contributed by atoms with Gasteiger partial charge in [-0.2, -0.15) is 5.10 Å². The molecule has 0 fully saturated rings. The molecule has 0 spiro atoms. The average Bonchev–Trinajstić information content (AvgIpc) is 2.76. The summed E-state index contributed by atoms with van der Waals surface area (Å²) in [6.07, 6.45) is 3.78. The highest BCUT2D eigenvalue weighted by atomic mass is 32.2. The molecule has 21 heavy (non-hydrogen) atoms. The quantitative estimate of drug-likeness (QED) is 0.802. The number of hydrogen-bond acceptors (Lipinski definition) is 4. The van der Waals surface area contributed by atoms with Crippen LogP contribution in [-0.4, -0.2) is 18.2 Å². The highest BCUT2D eigenvalue weighted by Gasteiger charge is 2.17. The molecule has 2 rings (SSSR count). The Hall–Kier alpha value is -2.02. The summed E-state index contributed by atoms with van der Waals surface area (Å²) < 4.78 is 29.0. The SMILES string of the molecule is CCCCn1cc(NS(=O)(=O)c2cccc(N)c2)c(C)n1. The van der Waals surface area contributed by atoms with E-state index in [0.717, 1.165) is 19.4 Å². The Bertz CT molecular complexity index is 722. The van der Waals surface area contributed by atoms with Gasteiger partial charge in [-0.25, -0.2) is 8.42 Å². The number of unbranched alkanes of at least 4 members (excludes halogenated alkanes) is 1. The fourth-order valence-corrected chi connectivity index (χ4v) is 3.09. The number of anilines is 2. The van der Waals surface area contributed by atoms with Crippen molar-refractivity contribution < 1.29 is 8.42 Å². The van der Waals surface area contributed by atoms with Crippen molar-refractivity contribution in [1.29, 1.82) is 0 Å². The molecule has 6 nitrogen and oxygen atoms in total. The Morgan fingerprint density at radius 3 is 2.81 bits per heavy atom. The predicted molar refractivity (Wildman–Crippen MR) is 83.5 cm³/mol. The highest BCUT2D eigenvalue weighted by molar-refractivity contribution is 7.92. The first-order chi connectivity index (χ1) is 9.92. The third kappa shape index (κ3) is 3.75. The zero-order valence-electron chi connectivity index (χ0n) is 12.2. The van der Waals surface area contributed by atoms with Crippen LogP contribution in [0.2, 0.25) is 0 Å². The van der Waals surface area contributed by atoms with Crippen molar-refractivity contribution in [2.24, 2.45) is 0 Å². The van der Waals surface area contributed by atoms with Gasteiger partial charge in [0.15, 0.2) is 0 Å². The predicted octanol–water partition coefficient (Wildman–Crippen LogP) is 2.37. The topological polar surface area (TPSA) is 90.0 Å². The van der Waals surface area contributed by atoms with E-state index in [4.69, 9.17) is 5.73 Å². The molecule has 114 valence electrons. The fraction of sp³-hybridized carbons (Fsp3) is 0.357. The molecule has 1 heterocycles. The van der Waals surface area contributed by atoms with E-state index < -0.39 is 10.0 Å². The van der Waals surface area contributed by atoms with Crippen LogP contribution < -0.4 is 10.5 Å². The molecule has 0 radical (unpaired) electrons. The minimum atomic E-state index is -3.65. The zero-order chi connectivity index (χ0) is 15.5. The number of aryl methyl sites for hydroxylation is 2. The number of sulfonamides is 1. The highest BCUT2D eigenvalue weighted by Crippen LogP contribution is 2.20. The molecule has 0 aliphatic carbocycles. The van der Waals surface area contributed by atoms with Crippen molar-refractivity contribution >= 4 is 21.4 Å². The Morgan fingerprint density at radius 2 is 2.14 bits per heavy atom. The van der Waals surface area contributed by atoms with E-state index in [1.54, 1.807) is 29.9 Å². The van der Waals surface area contributed by atoms with Crippen LogP contribution in [0.15, 0.2) is 35.4 Å². The smallest absolute Gasteiger partial charge is 0.262 e. The van der Waals surface area contributed by atoms with Crippen LogP contribution in [0, 0.1) is 6.92 Å². The van der Waals surface area contributed by atoms with Crippen molar-refractivity contribution in [1.82, 2.24) is 9.78 Å². The third-order valence-electron chi connectivity index (χ3n) is 3.10. The maximum absolute atomic E-state index is 12.3. The summed E-state index contributed by atoms with van der Waals surface area (Å²) in [5.74, 6) is 0. The van der Waals surface area contributed by atoms with E-state index in [9.17, 15) is 8.42 Å². The molecule has 0 aliphatic rings. The van der Waals surface area contributed by atoms with Crippen LogP contribution in [0.25, 0.3) is 0 Å². The van der Waals surface area contributed by atoms with E-state index in [1.165, 1.54) is 12.1 Å². The molecule has 0 bridgehead atoms. The molecule has 0 aliphatic heterocycles. The van der Waals surface area contributed by atoms with Gasteiger partial charge in [0.25, 0.3) is 10.0 Å². The molecular weight excluding hydrogens is 288 g/mol. The monoisotopic (exact) mass is 308 g/mol. The lowest BCUT2D eigenvalue weighted by molar-refractivity contribution is 0.568. The van der Waals surface area contributed by atoms with Crippen molar-refractivity contribution in [2.45, 2.75) is 38.1 Å². The summed E-state index contributed by atoms with van der Waals surface area (Å²) in [5.41, 5.74) is 7.18. The fourth-order valence-electron chi connectivity index (χ4n) is 1.94. The van der Waals surface area contributed by atoms with Crippen LogP contribution >= 0.6 is 0 Å². The second-order valence-electron chi connectivity index (χ2n) is 4.92. The molecule has 0 saturated carbocycles. The van der Waals surface area contributed by atoms with Gasteiger partial charge in [0.1, 0.15) is 0 Å². The molecule has 0 atom stereocenters. The summed E-state index contributed by atoms with van der Waals surface area (Å²) in [5, 5.41) is 4.31. The van der Waals surface area contributed by atoms with Crippen molar-refractivity contribution in [3.05, 3.63) is 36.2 Å². The summed E-state index contributed by atoms with van der Waals surface area (Å²) in [6.45, 7) is 4.65. The van der Waals surface area contributed by atoms with E-state index in [1.807, 2.05) is 0 Å². The van der Waals surface area contributed by atoms with Gasteiger partial charge in [0, 0.05) is 18.4 Å². The molecule has 0 unspecified atom stereocenters. The third-order valence-corrected chi connectivity index (χ3v) is 4.46. The van der Waals surface area contributed by atoms with E-state index in [0.29, 0.717) is 17.1 Å². The van der Waals surface area contributed by atoms with Crippen molar-refractivity contribution in [2.75, 3.05) is 10.5 Å². The number of benzene rings is 1. The maximum Gasteiger partial charge on any atom is 0.262 e. The summed E-state index contributed by atoms with van der Waals surface area (Å²) >= 11 is 0. The van der Waals surface area contributed by atoms with Gasteiger partial charge in [-0.1, -0.05) is 19.4 Å². The number of nitrogen functional groups attached to an aromatic ring is 1. The molecular formula is C14H20N4O2S. The Morgan fingerprint density at radius 1 is 1.38 bits per heavy atom. The largest absolute Gasteiger partial charge is 0.399 e. The lowest BCUT2D eigenvalue weighted by Gasteiger charge is -2.07. The minimum Gasteiger partial charge on any atom is -0.399 e. The van der Waals surface area contributed by atoms with E-state index in [-0.39, 0.29) is 4.90 Å². The van der Waals surface area contributed by atoms with Gasteiger partial charge < -0.3 is 5.73 Å². The molecule has 3 N–H and O–H groups in total. The minimum absolute atomic E-state index is 0.142. The van der Waals surface area contributed by atoms with Crippen LogP contribution in [0.3, 0.4) is 0 Å². The van der Waals surface area contributed by atoms with Gasteiger partial charge in [0.2, 0.25) is 0 Å². The van der Waals surface area contributed by atoms with Gasteiger partial charge in [0.05, 0.1) is 16.3 Å².